The summed E-state index contributed by atoms with van der Waals surface area (Å²) in [6.07, 6.45) is 10.6. The number of rotatable bonds is 8. The number of fused-ring (bicyclic) bond motifs is 3. The van der Waals surface area contributed by atoms with Crippen LogP contribution >= 0.6 is 0 Å². The van der Waals surface area contributed by atoms with Crippen LogP contribution < -0.4 is 5.32 Å². The lowest BCUT2D eigenvalue weighted by Crippen LogP contribution is -2.03. The van der Waals surface area contributed by atoms with Gasteiger partial charge in [-0.25, -0.2) is 0 Å². The molecule has 4 rings (SSSR count). The Balaban J connectivity index is 1.63. The highest BCUT2D eigenvalue weighted by Crippen LogP contribution is 2.29. The van der Waals surface area contributed by atoms with Gasteiger partial charge in [0.1, 0.15) is 0 Å². The summed E-state index contributed by atoms with van der Waals surface area (Å²) >= 11 is 0. The van der Waals surface area contributed by atoms with Gasteiger partial charge in [-0.1, -0.05) is 74.2 Å². The number of para-hydroxylation sites is 2. The Hall–Kier alpha value is -4.11. The molecule has 1 heterocycles. The quantitative estimate of drug-likeness (QED) is 0.190. The van der Waals surface area contributed by atoms with Gasteiger partial charge < -0.3 is 15.7 Å². The van der Waals surface area contributed by atoms with Gasteiger partial charge in [-0.3, -0.25) is 0 Å². The van der Waals surface area contributed by atoms with E-state index in [0.717, 1.165) is 45.4 Å². The molecule has 0 aliphatic heterocycles. The Morgan fingerprint density at radius 1 is 1.00 bits per heavy atom. The molecule has 164 valence electrons. The maximum absolute atomic E-state index is 7.97. The average molecular weight is 432 g/mol. The number of hydrogen-bond acceptors (Lipinski definition) is 2. The van der Waals surface area contributed by atoms with Crippen molar-refractivity contribution in [2.24, 2.45) is 0 Å². The van der Waals surface area contributed by atoms with Crippen LogP contribution in [0.25, 0.3) is 33.0 Å². The van der Waals surface area contributed by atoms with Crippen LogP contribution in [-0.2, 0) is 0 Å². The van der Waals surface area contributed by atoms with E-state index in [9.17, 15) is 0 Å². The highest BCUT2D eigenvalue weighted by molar-refractivity contribution is 6.08. The van der Waals surface area contributed by atoms with E-state index in [4.69, 9.17) is 5.41 Å². The zero-order chi connectivity index (χ0) is 23.2. The normalized spacial score (nSPS) is 12.5. The molecule has 0 radical (unpaired) electrons. The number of nitrogens with one attached hydrogen (secondary N) is 3. The van der Waals surface area contributed by atoms with E-state index in [1.165, 1.54) is 17.0 Å². The first-order valence-corrected chi connectivity index (χ1v) is 11.2. The number of aromatic amines is 1. The zero-order valence-corrected chi connectivity index (χ0v) is 19.2. The molecule has 0 spiro atoms. The minimum Gasteiger partial charge on any atom is -0.355 e. The van der Waals surface area contributed by atoms with Gasteiger partial charge >= 0.3 is 0 Å². The van der Waals surface area contributed by atoms with E-state index in [2.05, 4.69) is 91.4 Å². The standard InChI is InChI=1S/C30H29N3/c1-4-5-6-11-21(2)25-12-7-9-14-28(25)32-24(20-31)18-22(3)23-16-17-30-27(19-23)26-13-8-10-15-29(26)33-30/h5-20,31-33H,3-4H2,1-2H3/b6-5-,21-11+,24-18+,31-20?. The third kappa shape index (κ3) is 4.88. The summed E-state index contributed by atoms with van der Waals surface area (Å²) < 4.78 is 0. The first kappa shape index (κ1) is 22.1. The summed E-state index contributed by atoms with van der Waals surface area (Å²) in [5.41, 5.74) is 8.03. The SMILES string of the molecule is C=C(/C=C(\C=N)Nc1ccccc1/C(C)=C/C=C\CC)c1ccc2[nH]c3ccccc3c2c1. The van der Waals surface area contributed by atoms with Gasteiger partial charge in [-0.2, -0.15) is 0 Å². The smallest absolute Gasteiger partial charge is 0.0569 e. The van der Waals surface area contributed by atoms with Crippen LogP contribution in [0.3, 0.4) is 0 Å². The molecule has 33 heavy (non-hydrogen) atoms. The maximum Gasteiger partial charge on any atom is 0.0569 e. The molecule has 1 aromatic heterocycles. The average Bonchev–Trinajstić information content (AvgIpc) is 3.22. The van der Waals surface area contributed by atoms with Gasteiger partial charge in [0.05, 0.1) is 5.70 Å². The first-order chi connectivity index (χ1) is 16.1. The second-order valence-corrected chi connectivity index (χ2v) is 8.06. The molecule has 0 aliphatic rings. The van der Waals surface area contributed by atoms with Crippen molar-refractivity contribution in [2.75, 3.05) is 5.32 Å². The fourth-order valence-electron chi connectivity index (χ4n) is 3.96. The minimum absolute atomic E-state index is 0.684. The molecule has 3 nitrogen and oxygen atoms in total. The molecule has 0 saturated carbocycles. The van der Waals surface area contributed by atoms with Gasteiger partial charge in [0, 0.05) is 39.3 Å². The third-order valence-electron chi connectivity index (χ3n) is 5.71. The Labute approximate surface area is 195 Å². The van der Waals surface area contributed by atoms with Crippen LogP contribution in [0.2, 0.25) is 0 Å². The summed E-state index contributed by atoms with van der Waals surface area (Å²) in [7, 11) is 0. The Morgan fingerprint density at radius 3 is 2.58 bits per heavy atom. The number of allylic oxidation sites excluding steroid dienone is 7. The lowest BCUT2D eigenvalue weighted by atomic mass is 10.0. The molecule has 3 aromatic carbocycles. The van der Waals surface area contributed by atoms with Crippen molar-refractivity contribution in [3.8, 4) is 0 Å². The summed E-state index contributed by atoms with van der Waals surface area (Å²) in [5.74, 6) is 0. The summed E-state index contributed by atoms with van der Waals surface area (Å²) in [6, 6.07) is 22.8. The predicted octanol–water partition coefficient (Wildman–Crippen LogP) is 8.35. The van der Waals surface area contributed by atoms with Crippen LogP contribution in [0.5, 0.6) is 0 Å². The highest BCUT2D eigenvalue weighted by atomic mass is 14.9. The van der Waals surface area contributed by atoms with Crippen LogP contribution in [0.4, 0.5) is 5.69 Å². The van der Waals surface area contributed by atoms with Gasteiger partial charge in [-0.05, 0) is 60.4 Å². The summed E-state index contributed by atoms with van der Waals surface area (Å²) in [6.45, 7) is 8.51. The molecule has 0 unspecified atom stereocenters. The van der Waals surface area contributed by atoms with Crippen molar-refractivity contribution in [3.63, 3.8) is 0 Å². The fourth-order valence-corrected chi connectivity index (χ4v) is 3.96. The van der Waals surface area contributed by atoms with E-state index >= 15 is 0 Å². The fraction of sp³-hybridized carbons (Fsp3) is 0.100. The molecule has 0 fully saturated rings. The van der Waals surface area contributed by atoms with Crippen LogP contribution in [-0.4, -0.2) is 11.2 Å². The maximum atomic E-state index is 7.97. The second kappa shape index (κ2) is 10.0. The van der Waals surface area contributed by atoms with Crippen molar-refractivity contribution >= 4 is 44.9 Å². The number of hydrogen-bond donors (Lipinski definition) is 3. The Kier molecular flexibility index (Phi) is 6.70. The van der Waals surface area contributed by atoms with Gasteiger partial charge in [0.25, 0.3) is 0 Å². The van der Waals surface area contributed by atoms with E-state index in [-0.39, 0.29) is 0 Å². The van der Waals surface area contributed by atoms with Crippen LogP contribution in [0.15, 0.2) is 103 Å². The second-order valence-electron chi connectivity index (χ2n) is 8.06. The molecule has 0 amide bonds. The summed E-state index contributed by atoms with van der Waals surface area (Å²) in [4.78, 5) is 3.46. The lowest BCUT2D eigenvalue weighted by molar-refractivity contribution is 1.22. The van der Waals surface area contributed by atoms with Gasteiger partial charge in [0.2, 0.25) is 0 Å². The van der Waals surface area contributed by atoms with Gasteiger partial charge in [-0.15, -0.1) is 0 Å². The largest absolute Gasteiger partial charge is 0.355 e. The molecule has 0 saturated heterocycles. The van der Waals surface area contributed by atoms with E-state index in [0.29, 0.717) is 5.70 Å². The monoisotopic (exact) mass is 431 g/mol. The zero-order valence-electron chi connectivity index (χ0n) is 19.2. The van der Waals surface area contributed by atoms with Crippen LogP contribution in [0, 0.1) is 5.41 Å². The molecular weight excluding hydrogens is 402 g/mol. The number of anilines is 1. The lowest BCUT2D eigenvalue weighted by Gasteiger charge is -2.13. The van der Waals surface area contributed by atoms with E-state index in [1.807, 2.05) is 30.3 Å². The number of aromatic nitrogens is 1. The Bertz CT molecular complexity index is 1410. The molecule has 0 aliphatic carbocycles. The summed E-state index contributed by atoms with van der Waals surface area (Å²) in [5, 5.41) is 13.8. The van der Waals surface area contributed by atoms with Crippen molar-refractivity contribution in [1.29, 1.82) is 5.41 Å². The minimum atomic E-state index is 0.684. The third-order valence-corrected chi connectivity index (χ3v) is 5.71. The van der Waals surface area contributed by atoms with Crippen molar-refractivity contribution in [1.82, 2.24) is 4.98 Å². The molecule has 3 N–H and O–H groups in total. The van der Waals surface area contributed by atoms with Crippen LogP contribution in [0.1, 0.15) is 31.4 Å². The number of H-pyrrole nitrogens is 1. The van der Waals surface area contributed by atoms with Crippen molar-refractivity contribution in [2.45, 2.75) is 20.3 Å². The molecule has 3 heteroatoms. The van der Waals surface area contributed by atoms with Crippen molar-refractivity contribution in [3.05, 3.63) is 114 Å². The molecular formula is C30H29N3. The van der Waals surface area contributed by atoms with E-state index in [1.54, 1.807) is 0 Å². The molecule has 4 aromatic rings. The molecule has 0 bridgehead atoms. The topological polar surface area (TPSA) is 51.7 Å². The highest BCUT2D eigenvalue weighted by Gasteiger charge is 2.08. The first-order valence-electron chi connectivity index (χ1n) is 11.2. The van der Waals surface area contributed by atoms with E-state index < -0.39 is 0 Å². The van der Waals surface area contributed by atoms with Gasteiger partial charge in [0.15, 0.2) is 0 Å². The van der Waals surface area contributed by atoms with Crippen molar-refractivity contribution < 1.29 is 0 Å². The Morgan fingerprint density at radius 2 is 1.76 bits per heavy atom. The molecule has 0 atom stereocenters. The predicted molar refractivity (Wildman–Crippen MR) is 145 cm³/mol. The number of benzene rings is 3.